The maximum atomic E-state index is 11.4. The first-order chi connectivity index (χ1) is 11.8. The Morgan fingerprint density at radius 1 is 1.29 bits per heavy atom. The molecule has 0 saturated carbocycles. The highest BCUT2D eigenvalue weighted by Gasteiger charge is 2.22. The van der Waals surface area contributed by atoms with Crippen LogP contribution in [0.25, 0.3) is 0 Å². The van der Waals surface area contributed by atoms with Gasteiger partial charge in [-0.25, -0.2) is 4.79 Å². The average molecular weight is 328 g/mol. The van der Waals surface area contributed by atoms with Gasteiger partial charge in [0.1, 0.15) is 6.10 Å². The van der Waals surface area contributed by atoms with Gasteiger partial charge in [0.25, 0.3) is 0 Å². The molecule has 2 heterocycles. The number of cyclic esters (lactones) is 1. The standard InChI is InChI=1S/C18H20N2O4/c1-22-16-6-5-13(15-7-10-20-18(21)24-15)12-17(16)23-11-8-14-4-2-3-9-19-14/h2-6,9,12,15H,7-8,10-11H2,1H3,(H,20,21). The lowest BCUT2D eigenvalue weighted by atomic mass is 10.0. The van der Waals surface area contributed by atoms with E-state index < -0.39 is 0 Å². The van der Waals surface area contributed by atoms with Crippen LogP contribution in [0.2, 0.25) is 0 Å². The number of ether oxygens (including phenoxy) is 3. The molecule has 1 aliphatic heterocycles. The van der Waals surface area contributed by atoms with E-state index in [1.807, 2.05) is 36.4 Å². The summed E-state index contributed by atoms with van der Waals surface area (Å²) in [5.41, 5.74) is 1.87. The summed E-state index contributed by atoms with van der Waals surface area (Å²) >= 11 is 0. The van der Waals surface area contributed by atoms with E-state index in [0.29, 0.717) is 31.1 Å². The molecule has 3 rings (SSSR count). The second-order valence-electron chi connectivity index (χ2n) is 5.44. The van der Waals surface area contributed by atoms with Crippen LogP contribution in [0.1, 0.15) is 23.8 Å². The molecule has 1 amide bonds. The van der Waals surface area contributed by atoms with Gasteiger partial charge in [0.2, 0.25) is 0 Å². The molecule has 1 aromatic heterocycles. The molecule has 24 heavy (non-hydrogen) atoms. The minimum atomic E-state index is -0.389. The van der Waals surface area contributed by atoms with Crippen molar-refractivity contribution in [1.29, 1.82) is 0 Å². The molecule has 1 unspecified atom stereocenters. The SMILES string of the molecule is COc1ccc(C2CCNC(=O)O2)cc1OCCc1ccccn1. The van der Waals surface area contributed by atoms with E-state index in [1.165, 1.54) is 0 Å². The highest BCUT2D eigenvalue weighted by atomic mass is 16.6. The number of rotatable bonds is 6. The van der Waals surface area contributed by atoms with E-state index >= 15 is 0 Å². The van der Waals surface area contributed by atoms with Gasteiger partial charge in [-0.05, 0) is 29.8 Å². The van der Waals surface area contributed by atoms with Crippen LogP contribution in [0.3, 0.4) is 0 Å². The largest absolute Gasteiger partial charge is 0.493 e. The molecule has 2 aromatic rings. The molecule has 126 valence electrons. The van der Waals surface area contributed by atoms with E-state index in [-0.39, 0.29) is 12.2 Å². The number of amides is 1. The lowest BCUT2D eigenvalue weighted by molar-refractivity contribution is 0.0736. The number of nitrogens with one attached hydrogen (secondary N) is 1. The second kappa shape index (κ2) is 7.68. The van der Waals surface area contributed by atoms with Gasteiger partial charge in [-0.1, -0.05) is 12.1 Å². The number of hydrogen-bond acceptors (Lipinski definition) is 5. The highest BCUT2D eigenvalue weighted by molar-refractivity contribution is 5.68. The van der Waals surface area contributed by atoms with E-state index in [4.69, 9.17) is 14.2 Å². The van der Waals surface area contributed by atoms with Gasteiger partial charge in [0.15, 0.2) is 11.5 Å². The Morgan fingerprint density at radius 3 is 2.96 bits per heavy atom. The molecule has 1 aromatic carbocycles. The summed E-state index contributed by atoms with van der Waals surface area (Å²) < 4.78 is 16.5. The highest BCUT2D eigenvalue weighted by Crippen LogP contribution is 2.33. The summed E-state index contributed by atoms with van der Waals surface area (Å²) in [6, 6.07) is 11.4. The Bertz CT molecular complexity index is 691. The van der Waals surface area contributed by atoms with E-state index in [9.17, 15) is 4.79 Å². The number of carbonyl (C=O) groups is 1. The molecule has 0 aliphatic carbocycles. The number of carbonyl (C=O) groups excluding carboxylic acids is 1. The molecule has 1 saturated heterocycles. The third-order valence-electron chi connectivity index (χ3n) is 3.83. The van der Waals surface area contributed by atoms with Crippen LogP contribution in [0, 0.1) is 0 Å². The molecule has 6 nitrogen and oxygen atoms in total. The summed E-state index contributed by atoms with van der Waals surface area (Å²) in [5, 5.41) is 2.65. The minimum absolute atomic E-state index is 0.261. The Morgan fingerprint density at radius 2 is 2.21 bits per heavy atom. The number of benzene rings is 1. The van der Waals surface area contributed by atoms with Crippen LogP contribution >= 0.6 is 0 Å². The van der Waals surface area contributed by atoms with Crippen LogP contribution in [0.4, 0.5) is 4.79 Å². The molecular weight excluding hydrogens is 308 g/mol. The fourth-order valence-corrected chi connectivity index (χ4v) is 2.59. The maximum absolute atomic E-state index is 11.4. The van der Waals surface area contributed by atoms with Crippen molar-refractivity contribution < 1.29 is 19.0 Å². The van der Waals surface area contributed by atoms with E-state index in [0.717, 1.165) is 17.7 Å². The van der Waals surface area contributed by atoms with Crippen molar-refractivity contribution >= 4 is 6.09 Å². The number of nitrogens with zero attached hydrogens (tertiary/aromatic N) is 1. The number of pyridine rings is 1. The van der Waals surface area contributed by atoms with Crippen LogP contribution in [-0.2, 0) is 11.2 Å². The van der Waals surface area contributed by atoms with Crippen molar-refractivity contribution in [3.8, 4) is 11.5 Å². The molecule has 0 radical (unpaired) electrons. The van der Waals surface area contributed by atoms with Gasteiger partial charge in [-0.2, -0.15) is 0 Å². The summed E-state index contributed by atoms with van der Waals surface area (Å²) in [6.45, 7) is 1.09. The van der Waals surface area contributed by atoms with Crippen molar-refractivity contribution in [2.75, 3.05) is 20.3 Å². The Hall–Kier alpha value is -2.76. The number of methoxy groups -OCH3 is 1. The zero-order chi connectivity index (χ0) is 16.8. The van der Waals surface area contributed by atoms with Crippen molar-refractivity contribution in [2.45, 2.75) is 18.9 Å². The van der Waals surface area contributed by atoms with Gasteiger partial charge in [0, 0.05) is 31.3 Å². The Balaban J connectivity index is 1.68. The lowest BCUT2D eigenvalue weighted by Gasteiger charge is -2.24. The molecule has 0 spiro atoms. The van der Waals surface area contributed by atoms with Crippen LogP contribution < -0.4 is 14.8 Å². The second-order valence-corrected chi connectivity index (χ2v) is 5.44. The number of hydrogen-bond donors (Lipinski definition) is 1. The fraction of sp³-hybridized carbons (Fsp3) is 0.333. The average Bonchev–Trinajstić information content (AvgIpc) is 2.62. The molecule has 1 atom stereocenters. The third-order valence-corrected chi connectivity index (χ3v) is 3.83. The first-order valence-electron chi connectivity index (χ1n) is 7.91. The van der Waals surface area contributed by atoms with Crippen LogP contribution in [0.15, 0.2) is 42.6 Å². The summed E-state index contributed by atoms with van der Waals surface area (Å²) in [7, 11) is 1.60. The third kappa shape index (κ3) is 3.95. The molecule has 1 fully saturated rings. The Kier molecular flexibility index (Phi) is 5.15. The fourth-order valence-electron chi connectivity index (χ4n) is 2.59. The first kappa shape index (κ1) is 16.1. The number of alkyl carbamates (subject to hydrolysis) is 1. The quantitative estimate of drug-likeness (QED) is 0.883. The molecule has 6 heteroatoms. The molecule has 0 bridgehead atoms. The monoisotopic (exact) mass is 328 g/mol. The normalized spacial score (nSPS) is 16.9. The van der Waals surface area contributed by atoms with Crippen molar-refractivity contribution in [2.24, 2.45) is 0 Å². The summed E-state index contributed by atoms with van der Waals surface area (Å²) in [4.78, 5) is 15.7. The Labute approximate surface area is 140 Å². The minimum Gasteiger partial charge on any atom is -0.493 e. The predicted molar refractivity (Wildman–Crippen MR) is 88.3 cm³/mol. The van der Waals surface area contributed by atoms with E-state index in [1.54, 1.807) is 13.3 Å². The van der Waals surface area contributed by atoms with Crippen LogP contribution in [0.5, 0.6) is 11.5 Å². The van der Waals surface area contributed by atoms with Gasteiger partial charge in [0.05, 0.1) is 13.7 Å². The summed E-state index contributed by atoms with van der Waals surface area (Å²) in [5.74, 6) is 1.29. The zero-order valence-electron chi connectivity index (χ0n) is 13.5. The molecule has 1 N–H and O–H groups in total. The molecular formula is C18H20N2O4. The first-order valence-corrected chi connectivity index (χ1v) is 7.91. The van der Waals surface area contributed by atoms with Crippen molar-refractivity contribution in [3.05, 3.63) is 53.9 Å². The predicted octanol–water partition coefficient (Wildman–Crippen LogP) is 2.88. The number of aromatic nitrogens is 1. The van der Waals surface area contributed by atoms with Gasteiger partial charge in [-0.15, -0.1) is 0 Å². The van der Waals surface area contributed by atoms with Gasteiger partial charge >= 0.3 is 6.09 Å². The summed E-state index contributed by atoms with van der Waals surface area (Å²) in [6.07, 6.45) is 2.55. The van der Waals surface area contributed by atoms with E-state index in [2.05, 4.69) is 10.3 Å². The maximum Gasteiger partial charge on any atom is 0.407 e. The van der Waals surface area contributed by atoms with Gasteiger partial charge < -0.3 is 19.5 Å². The topological polar surface area (TPSA) is 69.7 Å². The van der Waals surface area contributed by atoms with Crippen LogP contribution in [-0.4, -0.2) is 31.3 Å². The zero-order valence-corrected chi connectivity index (χ0v) is 13.5. The van der Waals surface area contributed by atoms with Crippen molar-refractivity contribution in [1.82, 2.24) is 10.3 Å². The smallest absolute Gasteiger partial charge is 0.407 e. The molecule has 1 aliphatic rings. The van der Waals surface area contributed by atoms with Crippen molar-refractivity contribution in [3.63, 3.8) is 0 Å². The lowest BCUT2D eigenvalue weighted by Crippen LogP contribution is -2.33. The van der Waals surface area contributed by atoms with Gasteiger partial charge in [-0.3, -0.25) is 4.98 Å².